The Labute approximate surface area is 193 Å². The minimum atomic E-state index is -0.123. The van der Waals surface area contributed by atoms with Gasteiger partial charge in [0.15, 0.2) is 0 Å². The molecule has 0 unspecified atom stereocenters. The zero-order valence-electron chi connectivity index (χ0n) is 21.7. The van der Waals surface area contributed by atoms with Gasteiger partial charge in [-0.25, -0.2) is 0 Å². The summed E-state index contributed by atoms with van der Waals surface area (Å²) in [6.45, 7) is 21.8. The number of hydrogen-bond acceptors (Lipinski definition) is 1. The molecule has 176 valence electrons. The molecule has 1 nitrogen and oxygen atoms in total. The molecule has 0 aromatic carbocycles. The lowest BCUT2D eigenvalue weighted by molar-refractivity contribution is -0.220. The average Bonchev–Trinajstić information content (AvgIpc) is 3.03. The van der Waals surface area contributed by atoms with Crippen LogP contribution in [0, 0.1) is 45.3 Å². The number of aliphatic hydroxyl groups excluding tert-OH is 1. The molecule has 4 aliphatic rings. The normalized spacial score (nSPS) is 48.3. The third kappa shape index (κ3) is 3.34. The van der Waals surface area contributed by atoms with Gasteiger partial charge in [-0.1, -0.05) is 58.4 Å². The molecule has 0 radical (unpaired) electrons. The van der Waals surface area contributed by atoms with Gasteiger partial charge in [-0.05, 0) is 123 Å². The van der Waals surface area contributed by atoms with E-state index in [2.05, 4.69) is 61.1 Å². The summed E-state index contributed by atoms with van der Waals surface area (Å²) in [5.74, 6) is 3.04. The zero-order chi connectivity index (χ0) is 22.8. The maximum atomic E-state index is 10.8. The van der Waals surface area contributed by atoms with Gasteiger partial charge in [-0.15, -0.1) is 0 Å². The number of rotatable bonds is 4. The zero-order valence-corrected chi connectivity index (χ0v) is 21.7. The minimum absolute atomic E-state index is 0.0590. The van der Waals surface area contributed by atoms with Crippen molar-refractivity contribution in [3.8, 4) is 0 Å². The lowest BCUT2D eigenvalue weighted by Crippen LogP contribution is -2.63. The summed E-state index contributed by atoms with van der Waals surface area (Å²) in [6, 6.07) is 0. The summed E-state index contributed by atoms with van der Waals surface area (Å²) < 4.78 is 0. The van der Waals surface area contributed by atoms with E-state index in [4.69, 9.17) is 0 Å². The van der Waals surface area contributed by atoms with E-state index >= 15 is 0 Å². The first-order chi connectivity index (χ1) is 14.4. The van der Waals surface area contributed by atoms with Crippen LogP contribution in [0.1, 0.15) is 113 Å². The lowest BCUT2D eigenvalue weighted by Gasteiger charge is -2.69. The summed E-state index contributed by atoms with van der Waals surface area (Å²) in [4.78, 5) is 0. The highest BCUT2D eigenvalue weighted by atomic mass is 16.3. The van der Waals surface area contributed by atoms with Gasteiger partial charge in [-0.2, -0.15) is 0 Å². The van der Waals surface area contributed by atoms with Crippen molar-refractivity contribution >= 4 is 0 Å². The summed E-state index contributed by atoms with van der Waals surface area (Å²) in [5, 5.41) is 10.8. The van der Waals surface area contributed by atoms with Crippen molar-refractivity contribution < 1.29 is 5.11 Å². The molecule has 4 saturated carbocycles. The lowest BCUT2D eigenvalue weighted by atomic mass is 9.35. The van der Waals surface area contributed by atoms with Gasteiger partial charge >= 0.3 is 0 Å². The number of aliphatic hydroxyl groups is 1. The Kier molecular flexibility index (Phi) is 5.90. The molecule has 4 rings (SSSR count). The van der Waals surface area contributed by atoms with Crippen LogP contribution >= 0.6 is 0 Å². The van der Waals surface area contributed by atoms with Crippen LogP contribution in [0.5, 0.6) is 0 Å². The number of hydrogen-bond donors (Lipinski definition) is 1. The molecule has 4 fully saturated rings. The standard InChI is InChI=1S/C30H50O/c1-20(2)10-9-11-21(3)22-14-18-29(7)23(22)12-13-25-28(6)17-16-26(31)27(4,5)24(28)15-19-30(25,29)8/h10,22-26,31H,3,9,11-19H2,1-2,4-8H3/t22-,23-,24+,25-,26+,28+,29-,30-/m1/s1. The second kappa shape index (κ2) is 7.75. The SMILES string of the molecule is C=C(CCC=C(C)C)[C@H]1CC[C@]2(C)[C@@H]1CC[C@@H]1[C@@]3(C)CC[C@H](O)C(C)(C)[C@@H]3CC[C@]12C. The van der Waals surface area contributed by atoms with Crippen LogP contribution < -0.4 is 0 Å². The van der Waals surface area contributed by atoms with Gasteiger partial charge in [0.05, 0.1) is 6.10 Å². The Hall–Kier alpha value is -0.560. The fraction of sp³-hybridized carbons (Fsp3) is 0.867. The summed E-state index contributed by atoms with van der Waals surface area (Å²) in [5.41, 5.74) is 4.31. The molecule has 0 bridgehead atoms. The van der Waals surface area contributed by atoms with Crippen molar-refractivity contribution in [2.75, 3.05) is 0 Å². The molecule has 0 spiro atoms. The Morgan fingerprint density at radius 2 is 1.55 bits per heavy atom. The van der Waals surface area contributed by atoms with Crippen molar-refractivity contribution in [3.05, 3.63) is 23.8 Å². The van der Waals surface area contributed by atoms with Gasteiger partial charge in [0.2, 0.25) is 0 Å². The van der Waals surface area contributed by atoms with Crippen LogP contribution in [0.4, 0.5) is 0 Å². The topological polar surface area (TPSA) is 20.2 Å². The molecule has 0 heterocycles. The van der Waals surface area contributed by atoms with Crippen LogP contribution in [0.3, 0.4) is 0 Å². The predicted octanol–water partition coefficient (Wildman–Crippen LogP) is 8.34. The molecule has 0 amide bonds. The van der Waals surface area contributed by atoms with Crippen molar-refractivity contribution in [1.29, 1.82) is 0 Å². The van der Waals surface area contributed by atoms with E-state index < -0.39 is 0 Å². The van der Waals surface area contributed by atoms with Gasteiger partial charge in [0.25, 0.3) is 0 Å². The van der Waals surface area contributed by atoms with E-state index in [1.54, 1.807) is 0 Å². The highest BCUT2D eigenvalue weighted by molar-refractivity contribution is 5.20. The Balaban J connectivity index is 1.59. The molecular weight excluding hydrogens is 376 g/mol. The van der Waals surface area contributed by atoms with E-state index in [1.165, 1.54) is 62.5 Å². The first-order valence-corrected chi connectivity index (χ1v) is 13.4. The smallest absolute Gasteiger partial charge is 0.0594 e. The highest BCUT2D eigenvalue weighted by Gasteiger charge is 2.68. The van der Waals surface area contributed by atoms with Gasteiger partial charge in [-0.3, -0.25) is 0 Å². The van der Waals surface area contributed by atoms with Crippen LogP contribution in [0.2, 0.25) is 0 Å². The molecule has 31 heavy (non-hydrogen) atoms. The molecule has 0 aromatic heterocycles. The van der Waals surface area contributed by atoms with E-state index in [0.717, 1.165) is 30.6 Å². The molecular formula is C30H50O. The van der Waals surface area contributed by atoms with Crippen molar-refractivity contribution in [1.82, 2.24) is 0 Å². The van der Waals surface area contributed by atoms with Gasteiger partial charge < -0.3 is 5.11 Å². The van der Waals surface area contributed by atoms with Gasteiger partial charge in [0, 0.05) is 0 Å². The molecule has 1 heteroatoms. The summed E-state index contributed by atoms with van der Waals surface area (Å²) in [7, 11) is 0. The van der Waals surface area contributed by atoms with E-state index in [0.29, 0.717) is 22.2 Å². The molecule has 4 aliphatic carbocycles. The quantitative estimate of drug-likeness (QED) is 0.448. The van der Waals surface area contributed by atoms with Crippen LogP contribution in [-0.4, -0.2) is 11.2 Å². The Morgan fingerprint density at radius 1 is 0.871 bits per heavy atom. The van der Waals surface area contributed by atoms with Crippen molar-refractivity contribution in [2.24, 2.45) is 45.3 Å². The molecule has 0 aromatic rings. The Bertz CT molecular complexity index is 742. The molecule has 8 atom stereocenters. The van der Waals surface area contributed by atoms with Crippen LogP contribution in [0.25, 0.3) is 0 Å². The molecule has 0 saturated heterocycles. The third-order valence-electron chi connectivity index (χ3n) is 11.9. The average molecular weight is 427 g/mol. The van der Waals surface area contributed by atoms with E-state index in [1.807, 2.05) is 0 Å². The maximum Gasteiger partial charge on any atom is 0.0594 e. The van der Waals surface area contributed by atoms with Gasteiger partial charge in [0.1, 0.15) is 0 Å². The first-order valence-electron chi connectivity index (χ1n) is 13.4. The van der Waals surface area contributed by atoms with Crippen LogP contribution in [-0.2, 0) is 0 Å². The summed E-state index contributed by atoms with van der Waals surface area (Å²) >= 11 is 0. The molecule has 1 N–H and O–H groups in total. The largest absolute Gasteiger partial charge is 0.393 e. The number of allylic oxidation sites excluding steroid dienone is 3. The fourth-order valence-corrected chi connectivity index (χ4v) is 9.95. The Morgan fingerprint density at radius 3 is 2.23 bits per heavy atom. The summed E-state index contributed by atoms with van der Waals surface area (Å²) in [6.07, 6.45) is 15.0. The first kappa shape index (κ1) is 23.6. The second-order valence-electron chi connectivity index (χ2n) is 13.7. The van der Waals surface area contributed by atoms with E-state index in [9.17, 15) is 5.11 Å². The van der Waals surface area contributed by atoms with Crippen LogP contribution in [0.15, 0.2) is 23.8 Å². The second-order valence-corrected chi connectivity index (χ2v) is 13.7. The minimum Gasteiger partial charge on any atom is -0.393 e. The van der Waals surface area contributed by atoms with E-state index in [-0.39, 0.29) is 11.5 Å². The number of fused-ring (bicyclic) bond motifs is 5. The van der Waals surface area contributed by atoms with Crippen molar-refractivity contribution in [3.63, 3.8) is 0 Å². The fourth-order valence-electron chi connectivity index (χ4n) is 9.95. The highest BCUT2D eigenvalue weighted by Crippen LogP contribution is 2.75. The molecule has 0 aliphatic heterocycles. The predicted molar refractivity (Wildman–Crippen MR) is 133 cm³/mol. The monoisotopic (exact) mass is 426 g/mol. The third-order valence-corrected chi connectivity index (χ3v) is 11.9. The maximum absolute atomic E-state index is 10.8. The van der Waals surface area contributed by atoms with Crippen molar-refractivity contribution in [2.45, 2.75) is 119 Å².